The minimum absolute atomic E-state index is 0.0674. The predicted octanol–water partition coefficient (Wildman–Crippen LogP) is 4.75. The number of ether oxygens (including phenoxy) is 1. The first-order valence-corrected chi connectivity index (χ1v) is 8.88. The summed E-state index contributed by atoms with van der Waals surface area (Å²) in [6.45, 7) is 6.87. The van der Waals surface area contributed by atoms with E-state index in [-0.39, 0.29) is 11.8 Å². The average Bonchev–Trinajstić information content (AvgIpc) is 2.73. The van der Waals surface area contributed by atoms with Crippen LogP contribution >= 0.6 is 0 Å². The van der Waals surface area contributed by atoms with Gasteiger partial charge in [-0.2, -0.15) is 0 Å². The van der Waals surface area contributed by atoms with E-state index < -0.39 is 11.8 Å². The maximum atomic E-state index is 13.8. The van der Waals surface area contributed by atoms with Crippen LogP contribution in [-0.4, -0.2) is 22.7 Å². The number of rotatable bonds is 5. The molecule has 0 aliphatic heterocycles. The molecular formula is C19H29FN2O2. The molecule has 1 aliphatic carbocycles. The molecule has 134 valence electrons. The third-order valence-electron chi connectivity index (χ3n) is 4.90. The first-order valence-electron chi connectivity index (χ1n) is 8.88. The molecule has 5 heteroatoms. The second kappa shape index (κ2) is 7.95. The van der Waals surface area contributed by atoms with Gasteiger partial charge < -0.3 is 10.1 Å². The summed E-state index contributed by atoms with van der Waals surface area (Å²) in [4.78, 5) is 16.6. The second-order valence-electron chi connectivity index (χ2n) is 7.51. The molecule has 2 rings (SSSR count). The lowest BCUT2D eigenvalue weighted by molar-refractivity contribution is -0.120. The molecule has 0 saturated heterocycles. The fourth-order valence-electron chi connectivity index (χ4n) is 2.84. The highest BCUT2D eigenvalue weighted by Crippen LogP contribution is 2.28. The summed E-state index contributed by atoms with van der Waals surface area (Å²) >= 11 is 0. The number of pyridine rings is 1. The largest absolute Gasteiger partial charge is 0.471 e. The summed E-state index contributed by atoms with van der Waals surface area (Å²) < 4.78 is 19.3. The maximum Gasteiger partial charge on any atom is 0.227 e. The maximum absolute atomic E-state index is 13.8. The minimum Gasteiger partial charge on any atom is -0.471 e. The Morgan fingerprint density at radius 2 is 2.08 bits per heavy atom. The van der Waals surface area contributed by atoms with E-state index in [9.17, 15) is 9.18 Å². The summed E-state index contributed by atoms with van der Waals surface area (Å²) in [5.41, 5.74) is -0.789. The van der Waals surface area contributed by atoms with E-state index in [4.69, 9.17) is 4.74 Å². The van der Waals surface area contributed by atoms with Crippen molar-refractivity contribution in [2.24, 2.45) is 11.8 Å². The standard InChI is InChI=1S/C19H29FN2O2/c1-13-6-5-7-15(9-8-13)18(23)22-16-10-11-17(21-12-16)24-14(2)19(3,4)20/h10-15H,5-9H2,1-4H3,(H,22,23). The summed E-state index contributed by atoms with van der Waals surface area (Å²) in [7, 11) is 0. The Hall–Kier alpha value is -1.65. The number of nitrogens with one attached hydrogen (secondary N) is 1. The fourth-order valence-corrected chi connectivity index (χ4v) is 2.84. The van der Waals surface area contributed by atoms with Crippen LogP contribution in [0.15, 0.2) is 18.3 Å². The number of hydrogen-bond acceptors (Lipinski definition) is 3. The van der Waals surface area contributed by atoms with Crippen LogP contribution in [0.25, 0.3) is 0 Å². The molecule has 3 atom stereocenters. The molecular weight excluding hydrogens is 307 g/mol. The van der Waals surface area contributed by atoms with Gasteiger partial charge in [0.1, 0.15) is 11.8 Å². The molecule has 4 nitrogen and oxygen atoms in total. The normalized spacial score (nSPS) is 23.2. The molecule has 3 unspecified atom stereocenters. The quantitative estimate of drug-likeness (QED) is 0.789. The van der Waals surface area contributed by atoms with Crippen molar-refractivity contribution in [3.63, 3.8) is 0 Å². The first-order chi connectivity index (χ1) is 11.3. The summed E-state index contributed by atoms with van der Waals surface area (Å²) in [5, 5.41) is 2.93. The van der Waals surface area contributed by atoms with Crippen LogP contribution < -0.4 is 10.1 Å². The van der Waals surface area contributed by atoms with Gasteiger partial charge in [0.2, 0.25) is 11.8 Å². The number of alkyl halides is 1. The Morgan fingerprint density at radius 3 is 2.71 bits per heavy atom. The number of carbonyl (C=O) groups is 1. The van der Waals surface area contributed by atoms with Gasteiger partial charge in [-0.25, -0.2) is 9.37 Å². The Labute approximate surface area is 144 Å². The highest BCUT2D eigenvalue weighted by Gasteiger charge is 2.27. The van der Waals surface area contributed by atoms with Crippen molar-refractivity contribution in [1.29, 1.82) is 0 Å². The number of aromatic nitrogens is 1. The van der Waals surface area contributed by atoms with Crippen LogP contribution in [-0.2, 0) is 4.79 Å². The van der Waals surface area contributed by atoms with Crippen LogP contribution in [0.5, 0.6) is 5.88 Å². The molecule has 0 radical (unpaired) electrons. The SMILES string of the molecule is CC1CCCC(C(=O)Nc2ccc(OC(C)C(C)(C)F)nc2)CC1. The molecule has 1 saturated carbocycles. The van der Waals surface area contributed by atoms with Gasteiger partial charge in [-0.3, -0.25) is 4.79 Å². The molecule has 0 spiro atoms. The van der Waals surface area contributed by atoms with Gasteiger partial charge in [0.05, 0.1) is 11.9 Å². The smallest absolute Gasteiger partial charge is 0.227 e. The number of anilines is 1. The average molecular weight is 336 g/mol. The Bertz CT molecular complexity index is 539. The van der Waals surface area contributed by atoms with E-state index >= 15 is 0 Å². The highest BCUT2D eigenvalue weighted by molar-refractivity contribution is 5.92. The zero-order valence-corrected chi connectivity index (χ0v) is 15.1. The Morgan fingerprint density at radius 1 is 1.33 bits per heavy atom. The van der Waals surface area contributed by atoms with Crippen molar-refractivity contribution in [3.05, 3.63) is 18.3 Å². The summed E-state index contributed by atoms with van der Waals surface area (Å²) in [6.07, 6.45) is 6.29. The molecule has 1 aromatic heterocycles. The molecule has 1 fully saturated rings. The van der Waals surface area contributed by atoms with Gasteiger partial charge in [-0.15, -0.1) is 0 Å². The fraction of sp³-hybridized carbons (Fsp3) is 0.684. The molecule has 0 bridgehead atoms. The van der Waals surface area contributed by atoms with Crippen molar-refractivity contribution >= 4 is 11.6 Å². The Kier molecular flexibility index (Phi) is 6.19. The predicted molar refractivity (Wildman–Crippen MR) is 93.9 cm³/mol. The molecule has 1 heterocycles. The van der Waals surface area contributed by atoms with E-state index in [0.29, 0.717) is 17.5 Å². The molecule has 1 N–H and O–H groups in total. The third-order valence-corrected chi connectivity index (χ3v) is 4.90. The molecule has 24 heavy (non-hydrogen) atoms. The van der Waals surface area contributed by atoms with Crippen molar-refractivity contribution in [3.8, 4) is 5.88 Å². The minimum atomic E-state index is -1.44. The number of carbonyl (C=O) groups excluding carboxylic acids is 1. The zero-order chi connectivity index (χ0) is 17.7. The second-order valence-corrected chi connectivity index (χ2v) is 7.51. The van der Waals surface area contributed by atoms with Crippen LogP contribution in [0, 0.1) is 11.8 Å². The summed E-state index contributed by atoms with van der Waals surface area (Å²) in [5.74, 6) is 1.22. The lowest BCUT2D eigenvalue weighted by Gasteiger charge is -2.23. The van der Waals surface area contributed by atoms with Crippen molar-refractivity contribution in [2.45, 2.75) is 71.6 Å². The lowest BCUT2D eigenvalue weighted by Crippen LogP contribution is -2.34. The van der Waals surface area contributed by atoms with Crippen LogP contribution in [0.2, 0.25) is 0 Å². The number of hydrogen-bond donors (Lipinski definition) is 1. The van der Waals surface area contributed by atoms with E-state index in [1.807, 2.05) is 0 Å². The molecule has 1 aromatic rings. The van der Waals surface area contributed by atoms with E-state index in [1.54, 1.807) is 25.3 Å². The number of nitrogens with zero attached hydrogens (tertiary/aromatic N) is 1. The van der Waals surface area contributed by atoms with Gasteiger partial charge in [-0.1, -0.05) is 19.8 Å². The number of halogens is 1. The van der Waals surface area contributed by atoms with Gasteiger partial charge in [0.15, 0.2) is 0 Å². The zero-order valence-electron chi connectivity index (χ0n) is 15.1. The molecule has 1 aliphatic rings. The van der Waals surface area contributed by atoms with Crippen molar-refractivity contribution in [2.75, 3.05) is 5.32 Å². The van der Waals surface area contributed by atoms with Crippen LogP contribution in [0.3, 0.4) is 0 Å². The summed E-state index contributed by atoms with van der Waals surface area (Å²) in [6, 6.07) is 3.41. The highest BCUT2D eigenvalue weighted by atomic mass is 19.1. The third kappa shape index (κ3) is 5.46. The lowest BCUT2D eigenvalue weighted by atomic mass is 9.98. The first kappa shape index (κ1) is 18.7. The monoisotopic (exact) mass is 336 g/mol. The van der Waals surface area contributed by atoms with Gasteiger partial charge in [-0.05, 0) is 52.0 Å². The Balaban J connectivity index is 1.90. The van der Waals surface area contributed by atoms with Gasteiger partial charge >= 0.3 is 0 Å². The topological polar surface area (TPSA) is 51.2 Å². The van der Waals surface area contributed by atoms with E-state index in [2.05, 4.69) is 17.2 Å². The van der Waals surface area contributed by atoms with Gasteiger partial charge in [0.25, 0.3) is 0 Å². The molecule has 1 amide bonds. The van der Waals surface area contributed by atoms with Crippen molar-refractivity contribution < 1.29 is 13.9 Å². The van der Waals surface area contributed by atoms with E-state index in [1.165, 1.54) is 20.3 Å². The van der Waals surface area contributed by atoms with Crippen molar-refractivity contribution in [1.82, 2.24) is 4.98 Å². The van der Waals surface area contributed by atoms with Gasteiger partial charge in [0, 0.05) is 12.0 Å². The van der Waals surface area contributed by atoms with E-state index in [0.717, 1.165) is 25.7 Å². The number of amides is 1. The molecule has 0 aromatic carbocycles. The van der Waals surface area contributed by atoms with Crippen LogP contribution in [0.4, 0.5) is 10.1 Å². The van der Waals surface area contributed by atoms with Crippen LogP contribution in [0.1, 0.15) is 59.8 Å².